The zero-order valence-corrected chi connectivity index (χ0v) is 15.8. The topological polar surface area (TPSA) is 64.7 Å². The molecule has 1 atom stereocenters. The summed E-state index contributed by atoms with van der Waals surface area (Å²) in [5, 5.41) is 6.46. The van der Waals surface area contributed by atoms with Gasteiger partial charge in [-0.3, -0.25) is 14.5 Å². The molecule has 0 aliphatic carbocycles. The number of amides is 2. The van der Waals surface area contributed by atoms with E-state index in [2.05, 4.69) is 15.5 Å². The first-order valence-electron chi connectivity index (χ1n) is 8.36. The number of benzene rings is 1. The van der Waals surface area contributed by atoms with Crippen molar-refractivity contribution >= 4 is 41.5 Å². The summed E-state index contributed by atoms with van der Waals surface area (Å²) in [7, 11) is 0. The number of likely N-dealkylation sites (tertiary alicyclic amines) is 1. The van der Waals surface area contributed by atoms with E-state index in [1.165, 1.54) is 6.92 Å². The third-order valence-electron chi connectivity index (χ3n) is 4.64. The molecule has 2 aliphatic heterocycles. The third kappa shape index (κ3) is 4.85. The number of hydrogen-bond acceptors (Lipinski definition) is 4. The molecule has 0 saturated carbocycles. The SMILES string of the molecule is CC(=O)Nc1ccc(Cl)c(C(=O)N2CCC(N3CCNCC3)C2)c1.Cl. The van der Waals surface area contributed by atoms with Crippen molar-refractivity contribution in [1.29, 1.82) is 0 Å². The van der Waals surface area contributed by atoms with Crippen molar-refractivity contribution in [3.63, 3.8) is 0 Å². The Kier molecular flexibility index (Phi) is 7.07. The third-order valence-corrected chi connectivity index (χ3v) is 4.97. The first kappa shape index (κ1) is 20.0. The second-order valence-corrected chi connectivity index (χ2v) is 6.76. The summed E-state index contributed by atoms with van der Waals surface area (Å²) < 4.78 is 0. The first-order chi connectivity index (χ1) is 11.5. The molecular formula is C17H24Cl2N4O2. The number of nitrogens with zero attached hydrogens (tertiary/aromatic N) is 2. The van der Waals surface area contributed by atoms with Gasteiger partial charge < -0.3 is 15.5 Å². The average Bonchev–Trinajstić information content (AvgIpc) is 3.06. The average molecular weight is 387 g/mol. The van der Waals surface area contributed by atoms with Crippen LogP contribution in [0.2, 0.25) is 5.02 Å². The Bertz CT molecular complexity index is 635. The van der Waals surface area contributed by atoms with E-state index in [0.717, 1.165) is 45.7 Å². The summed E-state index contributed by atoms with van der Waals surface area (Å²) in [6.07, 6.45) is 0.995. The fourth-order valence-electron chi connectivity index (χ4n) is 3.41. The van der Waals surface area contributed by atoms with E-state index in [9.17, 15) is 9.59 Å². The van der Waals surface area contributed by atoms with Gasteiger partial charge in [0.05, 0.1) is 10.6 Å². The summed E-state index contributed by atoms with van der Waals surface area (Å²) in [6.45, 7) is 7.00. The molecule has 2 fully saturated rings. The number of halogens is 2. The normalized spacial score (nSPS) is 20.9. The predicted molar refractivity (Wildman–Crippen MR) is 102 cm³/mol. The Labute approximate surface area is 159 Å². The van der Waals surface area contributed by atoms with E-state index >= 15 is 0 Å². The van der Waals surface area contributed by atoms with Crippen LogP contribution < -0.4 is 10.6 Å². The number of rotatable bonds is 3. The molecule has 8 heteroatoms. The fraction of sp³-hybridized carbons (Fsp3) is 0.529. The maximum absolute atomic E-state index is 12.8. The van der Waals surface area contributed by atoms with Gasteiger partial charge in [0, 0.05) is 57.9 Å². The molecule has 2 heterocycles. The minimum Gasteiger partial charge on any atom is -0.337 e. The number of piperazine rings is 1. The molecule has 2 N–H and O–H groups in total. The number of anilines is 1. The molecule has 2 aliphatic rings. The lowest BCUT2D eigenvalue weighted by atomic mass is 10.1. The van der Waals surface area contributed by atoms with E-state index in [1.54, 1.807) is 18.2 Å². The van der Waals surface area contributed by atoms with Crippen LogP contribution in [0.1, 0.15) is 23.7 Å². The van der Waals surface area contributed by atoms with Crippen molar-refractivity contribution in [2.75, 3.05) is 44.6 Å². The maximum Gasteiger partial charge on any atom is 0.255 e. The Hall–Kier alpha value is -1.34. The Morgan fingerprint density at radius 3 is 2.64 bits per heavy atom. The fourth-order valence-corrected chi connectivity index (χ4v) is 3.61. The number of carbonyl (C=O) groups excluding carboxylic acids is 2. The van der Waals surface area contributed by atoms with Gasteiger partial charge in [-0.05, 0) is 24.6 Å². The van der Waals surface area contributed by atoms with Gasteiger partial charge in [-0.15, -0.1) is 12.4 Å². The molecule has 2 saturated heterocycles. The highest BCUT2D eigenvalue weighted by molar-refractivity contribution is 6.34. The lowest BCUT2D eigenvalue weighted by molar-refractivity contribution is -0.114. The molecule has 1 unspecified atom stereocenters. The van der Waals surface area contributed by atoms with Gasteiger partial charge in [0.15, 0.2) is 0 Å². The summed E-state index contributed by atoms with van der Waals surface area (Å²) in [6, 6.07) is 5.44. The van der Waals surface area contributed by atoms with E-state index in [-0.39, 0.29) is 24.2 Å². The minimum absolute atomic E-state index is 0. The predicted octanol–water partition coefficient (Wildman–Crippen LogP) is 1.84. The maximum atomic E-state index is 12.8. The van der Waals surface area contributed by atoms with Crippen molar-refractivity contribution in [3.05, 3.63) is 28.8 Å². The molecule has 25 heavy (non-hydrogen) atoms. The summed E-state index contributed by atoms with van der Waals surface area (Å²) in [5.41, 5.74) is 1.04. The number of nitrogens with one attached hydrogen (secondary N) is 2. The highest BCUT2D eigenvalue weighted by atomic mass is 35.5. The van der Waals surface area contributed by atoms with E-state index in [4.69, 9.17) is 11.6 Å². The van der Waals surface area contributed by atoms with Crippen LogP contribution in [-0.2, 0) is 4.79 Å². The van der Waals surface area contributed by atoms with Crippen LogP contribution in [-0.4, -0.2) is 66.9 Å². The zero-order valence-electron chi connectivity index (χ0n) is 14.3. The second kappa shape index (κ2) is 8.85. The van der Waals surface area contributed by atoms with Crippen LogP contribution in [0.5, 0.6) is 0 Å². The smallest absolute Gasteiger partial charge is 0.255 e. The Balaban J connectivity index is 0.00000225. The van der Waals surface area contributed by atoms with E-state index in [1.807, 2.05) is 4.90 Å². The number of hydrogen-bond donors (Lipinski definition) is 2. The molecule has 0 aromatic heterocycles. The molecule has 2 amide bonds. The zero-order chi connectivity index (χ0) is 17.1. The monoisotopic (exact) mass is 386 g/mol. The highest BCUT2D eigenvalue weighted by Gasteiger charge is 2.32. The molecule has 1 aromatic rings. The van der Waals surface area contributed by atoms with Gasteiger partial charge in [-0.25, -0.2) is 0 Å². The van der Waals surface area contributed by atoms with Gasteiger partial charge >= 0.3 is 0 Å². The van der Waals surface area contributed by atoms with Crippen molar-refractivity contribution in [2.24, 2.45) is 0 Å². The van der Waals surface area contributed by atoms with Crippen LogP contribution in [0, 0.1) is 0 Å². The van der Waals surface area contributed by atoms with Gasteiger partial charge in [-0.2, -0.15) is 0 Å². The standard InChI is InChI=1S/C17H23ClN4O2.ClH/c1-12(23)20-13-2-3-16(18)15(10-13)17(24)22-7-4-14(11-22)21-8-5-19-6-9-21;/h2-3,10,14,19H,4-9,11H2,1H3,(H,20,23);1H. The van der Waals surface area contributed by atoms with Crippen LogP contribution >= 0.6 is 24.0 Å². The lowest BCUT2D eigenvalue weighted by Crippen LogP contribution is -2.49. The first-order valence-corrected chi connectivity index (χ1v) is 8.73. The molecule has 0 bridgehead atoms. The molecule has 0 radical (unpaired) electrons. The molecule has 138 valence electrons. The van der Waals surface area contributed by atoms with E-state index in [0.29, 0.717) is 22.3 Å². The summed E-state index contributed by atoms with van der Waals surface area (Å²) >= 11 is 6.21. The second-order valence-electron chi connectivity index (χ2n) is 6.36. The molecule has 6 nitrogen and oxygen atoms in total. The van der Waals surface area contributed by atoms with Gasteiger partial charge in [0.2, 0.25) is 5.91 Å². The van der Waals surface area contributed by atoms with E-state index < -0.39 is 0 Å². The van der Waals surface area contributed by atoms with Gasteiger partial charge in [0.1, 0.15) is 0 Å². The molecular weight excluding hydrogens is 363 g/mol. The van der Waals surface area contributed by atoms with Crippen LogP contribution in [0.25, 0.3) is 0 Å². The highest BCUT2D eigenvalue weighted by Crippen LogP contribution is 2.25. The van der Waals surface area contributed by atoms with Crippen molar-refractivity contribution in [1.82, 2.24) is 15.1 Å². The number of carbonyl (C=O) groups is 2. The molecule has 3 rings (SSSR count). The molecule has 0 spiro atoms. The minimum atomic E-state index is -0.171. The van der Waals surface area contributed by atoms with Gasteiger partial charge in [-0.1, -0.05) is 11.6 Å². The Morgan fingerprint density at radius 2 is 1.96 bits per heavy atom. The van der Waals surface area contributed by atoms with Crippen LogP contribution in [0.15, 0.2) is 18.2 Å². The largest absolute Gasteiger partial charge is 0.337 e. The molecule has 1 aromatic carbocycles. The van der Waals surface area contributed by atoms with Crippen molar-refractivity contribution in [2.45, 2.75) is 19.4 Å². The summed E-state index contributed by atoms with van der Waals surface area (Å²) in [5.74, 6) is -0.236. The van der Waals surface area contributed by atoms with Crippen LogP contribution in [0.4, 0.5) is 5.69 Å². The van der Waals surface area contributed by atoms with Gasteiger partial charge in [0.25, 0.3) is 5.91 Å². The summed E-state index contributed by atoms with van der Waals surface area (Å²) in [4.78, 5) is 28.4. The Morgan fingerprint density at radius 1 is 1.24 bits per heavy atom. The quantitative estimate of drug-likeness (QED) is 0.831. The van der Waals surface area contributed by atoms with Crippen LogP contribution in [0.3, 0.4) is 0 Å². The van der Waals surface area contributed by atoms with Crippen molar-refractivity contribution < 1.29 is 9.59 Å². The van der Waals surface area contributed by atoms with Crippen molar-refractivity contribution in [3.8, 4) is 0 Å². The lowest BCUT2D eigenvalue weighted by Gasteiger charge is -2.32.